The molecule has 0 unspecified atom stereocenters. The van der Waals surface area contributed by atoms with E-state index in [1.807, 2.05) is 18.2 Å². The maximum atomic E-state index is 10.3. The minimum Gasteiger partial charge on any atom is -0.391 e. The van der Waals surface area contributed by atoms with Crippen LogP contribution in [0.1, 0.15) is 22.9 Å². The van der Waals surface area contributed by atoms with E-state index in [4.69, 9.17) is 0 Å². The van der Waals surface area contributed by atoms with Gasteiger partial charge in [-0.05, 0) is 22.6 Å². The molecule has 2 atom stereocenters. The van der Waals surface area contributed by atoms with Crippen LogP contribution in [0.4, 0.5) is 0 Å². The number of hydrogen-bond acceptors (Lipinski definition) is 5. The highest BCUT2D eigenvalue weighted by Gasteiger charge is 2.30. The van der Waals surface area contributed by atoms with Crippen molar-refractivity contribution in [3.63, 3.8) is 0 Å². The number of aliphatic hydroxyl groups excluding tert-OH is 1. The summed E-state index contributed by atoms with van der Waals surface area (Å²) in [7, 11) is 0. The van der Waals surface area contributed by atoms with Crippen molar-refractivity contribution in [3.8, 4) is 9.88 Å². The molecule has 0 bridgehead atoms. The van der Waals surface area contributed by atoms with E-state index in [0.29, 0.717) is 6.54 Å². The van der Waals surface area contributed by atoms with Gasteiger partial charge in [0.25, 0.3) is 0 Å². The van der Waals surface area contributed by atoms with E-state index in [0.717, 1.165) is 17.1 Å². The fourth-order valence-corrected chi connectivity index (χ4v) is 4.57. The van der Waals surface area contributed by atoms with Crippen molar-refractivity contribution in [3.05, 3.63) is 64.0 Å². The molecule has 0 saturated heterocycles. The highest BCUT2D eigenvalue weighted by molar-refractivity contribution is 7.20. The number of thiazole rings is 1. The topological polar surface area (TPSA) is 45.1 Å². The van der Waals surface area contributed by atoms with Crippen molar-refractivity contribution in [1.29, 1.82) is 0 Å². The normalized spacial score (nSPS) is 20.2. The van der Waals surface area contributed by atoms with E-state index in [9.17, 15) is 5.11 Å². The Morgan fingerprint density at radius 1 is 1.18 bits per heavy atom. The first kappa shape index (κ1) is 14.1. The van der Waals surface area contributed by atoms with Crippen LogP contribution in [0.25, 0.3) is 9.88 Å². The predicted octanol–water partition coefficient (Wildman–Crippen LogP) is 3.62. The van der Waals surface area contributed by atoms with E-state index in [1.54, 1.807) is 22.7 Å². The van der Waals surface area contributed by atoms with Gasteiger partial charge in [0.05, 0.1) is 22.7 Å². The molecule has 0 aliphatic heterocycles. The number of benzene rings is 1. The molecule has 2 aromatic heterocycles. The number of nitrogens with zero attached hydrogens (tertiary/aromatic N) is 1. The van der Waals surface area contributed by atoms with Crippen LogP contribution in [-0.4, -0.2) is 16.2 Å². The van der Waals surface area contributed by atoms with Gasteiger partial charge >= 0.3 is 0 Å². The van der Waals surface area contributed by atoms with Crippen LogP contribution in [0.15, 0.2) is 47.2 Å². The molecule has 0 amide bonds. The number of aliphatic hydroxyl groups is 1. The van der Waals surface area contributed by atoms with Crippen LogP contribution in [0.5, 0.6) is 0 Å². The number of aromatic nitrogens is 1. The van der Waals surface area contributed by atoms with Gasteiger partial charge in [0.2, 0.25) is 0 Å². The maximum Gasteiger partial charge on any atom is 0.133 e. The summed E-state index contributed by atoms with van der Waals surface area (Å²) in [6, 6.07) is 12.4. The van der Waals surface area contributed by atoms with Crippen LogP contribution < -0.4 is 5.32 Å². The van der Waals surface area contributed by atoms with Gasteiger partial charge in [0.1, 0.15) is 5.01 Å². The molecule has 22 heavy (non-hydrogen) atoms. The Hall–Kier alpha value is -1.53. The number of rotatable bonds is 4. The van der Waals surface area contributed by atoms with E-state index in [1.165, 1.54) is 16.0 Å². The smallest absolute Gasteiger partial charge is 0.133 e. The number of fused-ring (bicyclic) bond motifs is 1. The third-order valence-corrected chi connectivity index (χ3v) is 5.92. The lowest BCUT2D eigenvalue weighted by Crippen LogP contribution is -2.28. The standard InChI is InChI=1S/C17H16N2OS2/c20-14-8-11-4-1-2-5-13(11)16(14)18-9-12-10-22-17(19-12)15-6-3-7-21-15/h1-7,10,14,16,18,20H,8-9H2/t14-,16+/m0/s1. The minimum atomic E-state index is -0.354. The van der Waals surface area contributed by atoms with Crippen molar-refractivity contribution in [2.24, 2.45) is 0 Å². The molecule has 2 heterocycles. The molecular formula is C17H16N2OS2. The Labute approximate surface area is 137 Å². The lowest BCUT2D eigenvalue weighted by Gasteiger charge is -2.17. The first-order valence-corrected chi connectivity index (χ1v) is 9.05. The summed E-state index contributed by atoms with van der Waals surface area (Å²) in [5.74, 6) is 0. The average molecular weight is 328 g/mol. The van der Waals surface area contributed by atoms with Gasteiger partial charge in [-0.25, -0.2) is 4.98 Å². The SMILES string of the molecule is O[C@H]1Cc2ccccc2[C@H]1NCc1csc(-c2cccs2)n1. The molecule has 112 valence electrons. The van der Waals surface area contributed by atoms with Crippen LogP contribution in [0.2, 0.25) is 0 Å². The first-order valence-electron chi connectivity index (χ1n) is 7.29. The molecule has 1 aliphatic rings. The van der Waals surface area contributed by atoms with Crippen molar-refractivity contribution < 1.29 is 5.11 Å². The van der Waals surface area contributed by atoms with E-state index in [2.05, 4.69) is 39.3 Å². The molecule has 1 aromatic carbocycles. The molecular weight excluding hydrogens is 312 g/mol. The summed E-state index contributed by atoms with van der Waals surface area (Å²) in [4.78, 5) is 5.89. The summed E-state index contributed by atoms with van der Waals surface area (Å²) in [6.07, 6.45) is 0.374. The van der Waals surface area contributed by atoms with Gasteiger partial charge in [-0.3, -0.25) is 0 Å². The Bertz CT molecular complexity index is 767. The summed E-state index contributed by atoms with van der Waals surface area (Å²) in [6.45, 7) is 0.679. The third kappa shape index (κ3) is 2.61. The van der Waals surface area contributed by atoms with Gasteiger partial charge in [-0.1, -0.05) is 30.3 Å². The van der Waals surface area contributed by atoms with Crippen LogP contribution in [0.3, 0.4) is 0 Å². The van der Waals surface area contributed by atoms with Crippen molar-refractivity contribution in [2.45, 2.75) is 25.1 Å². The summed E-state index contributed by atoms with van der Waals surface area (Å²) >= 11 is 3.38. The molecule has 0 fully saturated rings. The Morgan fingerprint density at radius 2 is 2.09 bits per heavy atom. The molecule has 4 rings (SSSR count). The lowest BCUT2D eigenvalue weighted by atomic mass is 10.1. The van der Waals surface area contributed by atoms with Gasteiger partial charge in [-0.15, -0.1) is 22.7 Å². The second-order valence-corrected chi connectivity index (χ2v) is 7.26. The summed E-state index contributed by atoms with van der Waals surface area (Å²) in [5, 5.41) is 19.0. The number of nitrogens with one attached hydrogen (secondary N) is 1. The fraction of sp³-hybridized carbons (Fsp3) is 0.235. The monoisotopic (exact) mass is 328 g/mol. The van der Waals surface area contributed by atoms with Gasteiger partial charge in [-0.2, -0.15) is 0 Å². The molecule has 5 heteroatoms. The van der Waals surface area contributed by atoms with E-state index < -0.39 is 0 Å². The average Bonchev–Trinajstić information content (AvgIpc) is 3.24. The molecule has 0 radical (unpaired) electrons. The fourth-order valence-electron chi connectivity index (χ4n) is 2.94. The number of thiophene rings is 1. The van der Waals surface area contributed by atoms with Gasteiger partial charge in [0, 0.05) is 18.3 Å². The largest absolute Gasteiger partial charge is 0.391 e. The highest BCUT2D eigenvalue weighted by atomic mass is 32.1. The highest BCUT2D eigenvalue weighted by Crippen LogP contribution is 2.32. The van der Waals surface area contributed by atoms with Crippen LogP contribution >= 0.6 is 22.7 Å². The third-order valence-electron chi connectivity index (χ3n) is 3.99. The maximum absolute atomic E-state index is 10.3. The Morgan fingerprint density at radius 3 is 2.95 bits per heavy atom. The lowest BCUT2D eigenvalue weighted by molar-refractivity contribution is 0.140. The molecule has 0 spiro atoms. The molecule has 0 saturated carbocycles. The zero-order valence-corrected chi connectivity index (χ0v) is 13.5. The van der Waals surface area contributed by atoms with Crippen molar-refractivity contribution in [2.75, 3.05) is 0 Å². The second-order valence-electron chi connectivity index (χ2n) is 5.45. The number of hydrogen-bond donors (Lipinski definition) is 2. The second kappa shape index (κ2) is 5.93. The Kier molecular flexibility index (Phi) is 3.80. The van der Waals surface area contributed by atoms with Crippen molar-refractivity contribution in [1.82, 2.24) is 10.3 Å². The van der Waals surface area contributed by atoms with Gasteiger partial charge < -0.3 is 10.4 Å². The van der Waals surface area contributed by atoms with E-state index in [-0.39, 0.29) is 12.1 Å². The molecule has 1 aliphatic carbocycles. The minimum absolute atomic E-state index is 0.00286. The summed E-state index contributed by atoms with van der Waals surface area (Å²) in [5.41, 5.74) is 3.48. The van der Waals surface area contributed by atoms with Crippen LogP contribution in [0, 0.1) is 0 Å². The van der Waals surface area contributed by atoms with Gasteiger partial charge in [0.15, 0.2) is 0 Å². The first-order chi connectivity index (χ1) is 10.8. The molecule has 3 aromatic rings. The molecule has 3 nitrogen and oxygen atoms in total. The Balaban J connectivity index is 1.47. The van der Waals surface area contributed by atoms with Crippen LogP contribution in [-0.2, 0) is 13.0 Å². The summed E-state index contributed by atoms with van der Waals surface area (Å²) < 4.78 is 0. The quantitative estimate of drug-likeness (QED) is 0.769. The van der Waals surface area contributed by atoms with E-state index >= 15 is 0 Å². The zero-order valence-electron chi connectivity index (χ0n) is 11.9. The zero-order chi connectivity index (χ0) is 14.9. The predicted molar refractivity (Wildman–Crippen MR) is 91.2 cm³/mol. The van der Waals surface area contributed by atoms with Crippen molar-refractivity contribution >= 4 is 22.7 Å². The molecule has 2 N–H and O–H groups in total.